The van der Waals surface area contributed by atoms with Crippen LogP contribution in [0.15, 0.2) is 56.5 Å². The largest absolute Gasteiger partial charge is 0.463 e. The van der Waals surface area contributed by atoms with E-state index >= 15 is 0 Å². The Morgan fingerprint density at radius 2 is 1.97 bits per heavy atom. The molecule has 0 radical (unpaired) electrons. The Balaban J connectivity index is 1.82. The van der Waals surface area contributed by atoms with Crippen molar-refractivity contribution in [2.45, 2.75) is 33.3 Å². The van der Waals surface area contributed by atoms with Gasteiger partial charge in [-0.25, -0.2) is 9.98 Å². The van der Waals surface area contributed by atoms with Crippen LogP contribution >= 0.6 is 15.9 Å². The molecule has 0 unspecified atom stereocenters. The van der Waals surface area contributed by atoms with Gasteiger partial charge in [0.25, 0.3) is 0 Å². The first kappa shape index (κ1) is 21.0. The SMILES string of the molecule is CCN(C)/C=N/c1cc(Br)c(OC(C)(C)c2cc(-c3ccccc3)no2)nc1C. The highest BCUT2D eigenvalue weighted by molar-refractivity contribution is 9.10. The van der Waals surface area contributed by atoms with Crippen molar-refractivity contribution in [3.05, 3.63) is 58.4 Å². The third kappa shape index (κ3) is 5.03. The van der Waals surface area contributed by atoms with Crippen molar-refractivity contribution in [3.63, 3.8) is 0 Å². The molecule has 0 aliphatic heterocycles. The van der Waals surface area contributed by atoms with Gasteiger partial charge in [-0.3, -0.25) is 0 Å². The van der Waals surface area contributed by atoms with Crippen LogP contribution in [0.4, 0.5) is 5.69 Å². The quantitative estimate of drug-likeness (QED) is 0.335. The monoisotopic (exact) mass is 456 g/mol. The summed E-state index contributed by atoms with van der Waals surface area (Å²) in [5.41, 5.74) is 2.57. The molecule has 0 N–H and O–H groups in total. The number of ether oxygens (including phenoxy) is 1. The number of aromatic nitrogens is 2. The van der Waals surface area contributed by atoms with Crippen LogP contribution in [0.2, 0.25) is 0 Å². The fourth-order valence-electron chi connectivity index (χ4n) is 2.59. The van der Waals surface area contributed by atoms with Crippen molar-refractivity contribution in [2.24, 2.45) is 4.99 Å². The van der Waals surface area contributed by atoms with E-state index in [0.717, 1.165) is 33.7 Å². The van der Waals surface area contributed by atoms with E-state index in [1.807, 2.05) is 75.2 Å². The molecule has 0 amide bonds. The van der Waals surface area contributed by atoms with Gasteiger partial charge in [-0.2, -0.15) is 0 Å². The van der Waals surface area contributed by atoms with Gasteiger partial charge in [0.2, 0.25) is 5.88 Å². The number of hydrogen-bond donors (Lipinski definition) is 0. The minimum absolute atomic E-state index is 0.480. The maximum Gasteiger partial charge on any atom is 0.229 e. The van der Waals surface area contributed by atoms with E-state index in [0.29, 0.717) is 11.6 Å². The van der Waals surface area contributed by atoms with Crippen LogP contribution in [-0.2, 0) is 5.60 Å². The van der Waals surface area contributed by atoms with Crippen LogP contribution in [0.25, 0.3) is 11.3 Å². The lowest BCUT2D eigenvalue weighted by atomic mass is 10.0. The molecule has 0 saturated carbocycles. The van der Waals surface area contributed by atoms with Crippen molar-refractivity contribution in [1.29, 1.82) is 0 Å². The summed E-state index contributed by atoms with van der Waals surface area (Å²) < 4.78 is 12.5. The molecule has 0 aliphatic carbocycles. The van der Waals surface area contributed by atoms with Crippen molar-refractivity contribution in [1.82, 2.24) is 15.0 Å². The highest BCUT2D eigenvalue weighted by atomic mass is 79.9. The number of halogens is 1. The fourth-order valence-corrected chi connectivity index (χ4v) is 2.98. The maximum absolute atomic E-state index is 6.20. The highest BCUT2D eigenvalue weighted by Crippen LogP contribution is 2.35. The van der Waals surface area contributed by atoms with Crippen LogP contribution in [0, 0.1) is 6.92 Å². The smallest absolute Gasteiger partial charge is 0.229 e. The Hall–Kier alpha value is -2.67. The molecule has 7 heteroatoms. The Morgan fingerprint density at radius 3 is 2.66 bits per heavy atom. The zero-order chi connectivity index (χ0) is 21.0. The minimum Gasteiger partial charge on any atom is -0.463 e. The molecule has 6 nitrogen and oxygen atoms in total. The van der Waals surface area contributed by atoms with Gasteiger partial charge < -0.3 is 14.2 Å². The highest BCUT2D eigenvalue weighted by Gasteiger charge is 2.30. The van der Waals surface area contributed by atoms with E-state index in [-0.39, 0.29) is 0 Å². The van der Waals surface area contributed by atoms with E-state index in [1.165, 1.54) is 0 Å². The molecule has 152 valence electrons. The summed E-state index contributed by atoms with van der Waals surface area (Å²) in [6.45, 7) is 8.71. The normalized spacial score (nSPS) is 11.8. The summed E-state index contributed by atoms with van der Waals surface area (Å²) in [5, 5.41) is 4.19. The summed E-state index contributed by atoms with van der Waals surface area (Å²) in [5.74, 6) is 1.10. The average molecular weight is 457 g/mol. The number of nitrogens with zero attached hydrogens (tertiary/aromatic N) is 4. The number of aryl methyl sites for hydroxylation is 1. The molecule has 0 bridgehead atoms. The fraction of sp³-hybridized carbons (Fsp3) is 0.318. The summed E-state index contributed by atoms with van der Waals surface area (Å²) in [6, 6.07) is 13.7. The first-order valence-electron chi connectivity index (χ1n) is 9.43. The third-order valence-corrected chi connectivity index (χ3v) is 5.09. The van der Waals surface area contributed by atoms with Gasteiger partial charge in [-0.1, -0.05) is 35.5 Å². The molecule has 0 saturated heterocycles. The van der Waals surface area contributed by atoms with Crippen molar-refractivity contribution >= 4 is 28.0 Å². The topological polar surface area (TPSA) is 63.8 Å². The Morgan fingerprint density at radius 1 is 1.24 bits per heavy atom. The van der Waals surface area contributed by atoms with Crippen molar-refractivity contribution in [2.75, 3.05) is 13.6 Å². The van der Waals surface area contributed by atoms with E-state index in [1.54, 1.807) is 6.34 Å². The van der Waals surface area contributed by atoms with Gasteiger partial charge in [0.15, 0.2) is 11.4 Å². The van der Waals surface area contributed by atoms with Gasteiger partial charge in [0, 0.05) is 25.2 Å². The van der Waals surface area contributed by atoms with Crippen molar-refractivity contribution in [3.8, 4) is 17.1 Å². The molecule has 0 fully saturated rings. The van der Waals surface area contributed by atoms with Crippen LogP contribution in [0.3, 0.4) is 0 Å². The lowest BCUT2D eigenvalue weighted by Gasteiger charge is -2.23. The summed E-state index contributed by atoms with van der Waals surface area (Å²) in [4.78, 5) is 11.1. The molecule has 2 heterocycles. The van der Waals surface area contributed by atoms with Gasteiger partial charge in [-0.05, 0) is 49.7 Å². The summed E-state index contributed by atoms with van der Waals surface area (Å²) in [7, 11) is 1.97. The second kappa shape index (κ2) is 8.78. The van der Waals surface area contributed by atoms with E-state index in [4.69, 9.17) is 9.26 Å². The van der Waals surface area contributed by atoms with Crippen LogP contribution in [0.5, 0.6) is 5.88 Å². The van der Waals surface area contributed by atoms with Crippen LogP contribution < -0.4 is 4.74 Å². The molecule has 29 heavy (non-hydrogen) atoms. The van der Waals surface area contributed by atoms with E-state index in [9.17, 15) is 0 Å². The van der Waals surface area contributed by atoms with Gasteiger partial charge in [-0.15, -0.1) is 0 Å². The Bertz CT molecular complexity index is 999. The molecule has 0 spiro atoms. The number of hydrogen-bond acceptors (Lipinski definition) is 5. The predicted octanol–water partition coefficient (Wildman–Crippen LogP) is 5.73. The second-order valence-electron chi connectivity index (χ2n) is 7.25. The molecule has 3 rings (SSSR count). The van der Waals surface area contributed by atoms with Gasteiger partial charge in [0.1, 0.15) is 5.69 Å². The Kier molecular flexibility index (Phi) is 6.37. The van der Waals surface area contributed by atoms with Gasteiger partial charge in [0.05, 0.1) is 22.2 Å². The molecule has 3 aromatic rings. The number of rotatable bonds is 7. The van der Waals surface area contributed by atoms with Crippen molar-refractivity contribution < 1.29 is 9.26 Å². The summed E-state index contributed by atoms with van der Waals surface area (Å²) >= 11 is 3.55. The molecule has 0 atom stereocenters. The lowest BCUT2D eigenvalue weighted by Crippen LogP contribution is -2.25. The lowest BCUT2D eigenvalue weighted by molar-refractivity contribution is 0.0687. The zero-order valence-electron chi connectivity index (χ0n) is 17.3. The van der Waals surface area contributed by atoms with E-state index in [2.05, 4.69) is 38.0 Å². The predicted molar refractivity (Wildman–Crippen MR) is 119 cm³/mol. The number of pyridine rings is 1. The first-order chi connectivity index (χ1) is 13.8. The minimum atomic E-state index is -0.755. The third-order valence-electron chi connectivity index (χ3n) is 4.53. The van der Waals surface area contributed by atoms with Crippen LogP contribution in [-0.4, -0.2) is 35.0 Å². The second-order valence-corrected chi connectivity index (χ2v) is 8.11. The van der Waals surface area contributed by atoms with Gasteiger partial charge >= 0.3 is 0 Å². The molecule has 0 aliphatic rings. The first-order valence-corrected chi connectivity index (χ1v) is 10.2. The average Bonchev–Trinajstić information content (AvgIpc) is 3.21. The zero-order valence-corrected chi connectivity index (χ0v) is 18.9. The molecule has 2 aromatic heterocycles. The number of benzene rings is 1. The van der Waals surface area contributed by atoms with E-state index < -0.39 is 5.60 Å². The molecular weight excluding hydrogens is 432 g/mol. The molecule has 1 aromatic carbocycles. The Labute approximate surface area is 179 Å². The maximum atomic E-state index is 6.20. The standard InChI is InChI=1S/C22H25BrN4O2/c1-6-27(5)14-24-18-12-17(23)21(25-15(18)2)28-22(3,4)20-13-19(26-29-20)16-10-8-7-9-11-16/h7-14H,6H2,1-5H3/b24-14+. The summed E-state index contributed by atoms with van der Waals surface area (Å²) in [6.07, 6.45) is 1.79. The van der Waals surface area contributed by atoms with Crippen LogP contribution in [0.1, 0.15) is 32.2 Å². The molecular formula is C22H25BrN4O2. The number of aliphatic imine (C=N–C) groups is 1.